The van der Waals surface area contributed by atoms with Gasteiger partial charge < -0.3 is 5.32 Å². The van der Waals surface area contributed by atoms with E-state index in [0.717, 1.165) is 38.8 Å². The van der Waals surface area contributed by atoms with E-state index in [9.17, 15) is 8.42 Å². The molecule has 1 N–H and O–H groups in total. The first-order chi connectivity index (χ1) is 7.93. The summed E-state index contributed by atoms with van der Waals surface area (Å²) in [7, 11) is -2.76. The van der Waals surface area contributed by atoms with Crippen molar-refractivity contribution >= 4 is 9.84 Å². The molecule has 0 spiro atoms. The minimum absolute atomic E-state index is 0.146. The van der Waals surface area contributed by atoms with Crippen molar-refractivity contribution in [3.63, 3.8) is 0 Å². The van der Waals surface area contributed by atoms with E-state index in [-0.39, 0.29) is 5.41 Å². The van der Waals surface area contributed by atoms with Gasteiger partial charge in [-0.15, -0.1) is 0 Å². The van der Waals surface area contributed by atoms with Crippen molar-refractivity contribution in [1.29, 1.82) is 0 Å². The molecule has 2 unspecified atom stereocenters. The summed E-state index contributed by atoms with van der Waals surface area (Å²) in [4.78, 5) is 0. The summed E-state index contributed by atoms with van der Waals surface area (Å²) in [6.45, 7) is 8.57. The van der Waals surface area contributed by atoms with Gasteiger partial charge in [-0.25, -0.2) is 8.42 Å². The number of sulfone groups is 1. The molecule has 2 atom stereocenters. The van der Waals surface area contributed by atoms with Crippen LogP contribution < -0.4 is 5.32 Å². The third-order valence-corrected chi connectivity index (χ3v) is 5.76. The van der Waals surface area contributed by atoms with Crippen LogP contribution in [-0.2, 0) is 9.84 Å². The molecule has 1 heterocycles. The molecule has 1 rings (SSSR count). The van der Waals surface area contributed by atoms with Crippen molar-refractivity contribution in [2.24, 2.45) is 11.3 Å². The lowest BCUT2D eigenvalue weighted by Gasteiger charge is -2.35. The zero-order chi connectivity index (χ0) is 12.9. The summed E-state index contributed by atoms with van der Waals surface area (Å²) in [6, 6.07) is 0. The standard InChI is InChI=1S/C13H27NO2S/c1-4-7-13(3,11-14-8-5-2)12-6-9-17(15,16)10-12/h12,14H,4-11H2,1-3H3. The Morgan fingerprint density at radius 1 is 1.29 bits per heavy atom. The lowest BCUT2D eigenvalue weighted by molar-refractivity contribution is 0.180. The average molecular weight is 261 g/mol. The summed E-state index contributed by atoms with van der Waals surface area (Å²) in [5.74, 6) is 1.14. The predicted molar refractivity (Wildman–Crippen MR) is 72.9 cm³/mol. The molecule has 4 heteroatoms. The number of nitrogens with one attached hydrogen (secondary N) is 1. The first-order valence-corrected chi connectivity index (χ1v) is 8.67. The second-order valence-electron chi connectivity index (χ2n) is 5.68. The lowest BCUT2D eigenvalue weighted by atomic mass is 9.73. The highest BCUT2D eigenvalue weighted by Crippen LogP contribution is 2.39. The normalized spacial score (nSPS) is 26.9. The van der Waals surface area contributed by atoms with Gasteiger partial charge in [-0.1, -0.05) is 27.2 Å². The maximum atomic E-state index is 11.6. The van der Waals surface area contributed by atoms with Crippen LogP contribution in [0.2, 0.25) is 0 Å². The summed E-state index contributed by atoms with van der Waals surface area (Å²) >= 11 is 0. The van der Waals surface area contributed by atoms with Crippen molar-refractivity contribution < 1.29 is 8.42 Å². The summed E-state index contributed by atoms with van der Waals surface area (Å²) in [5, 5.41) is 3.47. The Hall–Kier alpha value is -0.0900. The van der Waals surface area contributed by atoms with Gasteiger partial charge in [0, 0.05) is 6.54 Å². The van der Waals surface area contributed by atoms with E-state index in [1.54, 1.807) is 0 Å². The molecule has 17 heavy (non-hydrogen) atoms. The van der Waals surface area contributed by atoms with Crippen molar-refractivity contribution in [1.82, 2.24) is 5.32 Å². The van der Waals surface area contributed by atoms with E-state index in [0.29, 0.717) is 17.4 Å². The fraction of sp³-hybridized carbons (Fsp3) is 1.00. The minimum Gasteiger partial charge on any atom is -0.316 e. The van der Waals surface area contributed by atoms with E-state index in [1.165, 1.54) is 0 Å². The second-order valence-corrected chi connectivity index (χ2v) is 7.91. The molecule has 0 bridgehead atoms. The molecule has 0 aromatic carbocycles. The van der Waals surface area contributed by atoms with Crippen LogP contribution in [0.5, 0.6) is 0 Å². The van der Waals surface area contributed by atoms with E-state index < -0.39 is 9.84 Å². The largest absolute Gasteiger partial charge is 0.316 e. The smallest absolute Gasteiger partial charge is 0.150 e. The van der Waals surface area contributed by atoms with Crippen LogP contribution in [0.4, 0.5) is 0 Å². The van der Waals surface area contributed by atoms with Gasteiger partial charge >= 0.3 is 0 Å². The van der Waals surface area contributed by atoms with Crippen LogP contribution in [0.15, 0.2) is 0 Å². The fourth-order valence-corrected chi connectivity index (χ4v) is 4.90. The molecular formula is C13H27NO2S. The second kappa shape index (κ2) is 6.19. The summed E-state index contributed by atoms with van der Waals surface area (Å²) in [5.41, 5.74) is 0.146. The van der Waals surface area contributed by atoms with E-state index in [4.69, 9.17) is 0 Å². The minimum atomic E-state index is -2.76. The van der Waals surface area contributed by atoms with Gasteiger partial charge in [0.15, 0.2) is 9.84 Å². The maximum Gasteiger partial charge on any atom is 0.150 e. The highest BCUT2D eigenvalue weighted by molar-refractivity contribution is 7.91. The molecule has 0 aliphatic carbocycles. The van der Waals surface area contributed by atoms with Gasteiger partial charge in [0.05, 0.1) is 11.5 Å². The van der Waals surface area contributed by atoms with Gasteiger partial charge in [-0.2, -0.15) is 0 Å². The van der Waals surface area contributed by atoms with Crippen molar-refractivity contribution in [2.75, 3.05) is 24.6 Å². The Morgan fingerprint density at radius 2 is 2.00 bits per heavy atom. The summed E-state index contributed by atoms with van der Waals surface area (Å²) in [6.07, 6.45) is 4.22. The van der Waals surface area contributed by atoms with Crippen LogP contribution >= 0.6 is 0 Å². The maximum absolute atomic E-state index is 11.6. The summed E-state index contributed by atoms with van der Waals surface area (Å²) < 4.78 is 23.2. The molecular weight excluding hydrogens is 234 g/mol. The third-order valence-electron chi connectivity index (χ3n) is 3.99. The zero-order valence-electron chi connectivity index (χ0n) is 11.5. The van der Waals surface area contributed by atoms with Gasteiger partial charge in [-0.05, 0) is 37.1 Å². The van der Waals surface area contributed by atoms with Gasteiger partial charge in [0.1, 0.15) is 0 Å². The topological polar surface area (TPSA) is 46.2 Å². The molecule has 0 aromatic heterocycles. The first kappa shape index (κ1) is 15.0. The van der Waals surface area contributed by atoms with Crippen molar-refractivity contribution in [2.45, 2.75) is 46.5 Å². The molecule has 0 radical (unpaired) electrons. The van der Waals surface area contributed by atoms with Crippen LogP contribution in [-0.4, -0.2) is 33.0 Å². The molecule has 1 fully saturated rings. The Labute approximate surface area is 106 Å². The highest BCUT2D eigenvalue weighted by atomic mass is 32.2. The predicted octanol–water partition coefficient (Wildman–Crippen LogP) is 2.23. The Balaban J connectivity index is 2.63. The van der Waals surface area contributed by atoms with Crippen LogP contribution in [0.3, 0.4) is 0 Å². The van der Waals surface area contributed by atoms with Gasteiger partial charge in [0.2, 0.25) is 0 Å². The Kier molecular flexibility index (Phi) is 5.45. The molecule has 1 aliphatic rings. The SMILES string of the molecule is CCCNCC(C)(CCC)C1CCS(=O)(=O)C1. The van der Waals surface area contributed by atoms with Crippen molar-refractivity contribution in [3.05, 3.63) is 0 Å². The fourth-order valence-electron chi connectivity index (χ4n) is 2.90. The zero-order valence-corrected chi connectivity index (χ0v) is 12.3. The van der Waals surface area contributed by atoms with E-state index >= 15 is 0 Å². The quantitative estimate of drug-likeness (QED) is 0.715. The molecule has 0 aromatic rings. The Morgan fingerprint density at radius 3 is 2.47 bits per heavy atom. The molecule has 1 saturated heterocycles. The number of rotatable bonds is 7. The van der Waals surface area contributed by atoms with Crippen LogP contribution in [0.25, 0.3) is 0 Å². The first-order valence-electron chi connectivity index (χ1n) is 6.84. The molecule has 1 aliphatic heterocycles. The third kappa shape index (κ3) is 4.25. The van der Waals surface area contributed by atoms with Crippen molar-refractivity contribution in [3.8, 4) is 0 Å². The van der Waals surface area contributed by atoms with Crippen LogP contribution in [0, 0.1) is 11.3 Å². The van der Waals surface area contributed by atoms with Gasteiger partial charge in [-0.3, -0.25) is 0 Å². The Bertz CT molecular complexity index is 326. The average Bonchev–Trinajstić information content (AvgIpc) is 2.60. The molecule has 3 nitrogen and oxygen atoms in total. The molecule has 0 amide bonds. The monoisotopic (exact) mass is 261 g/mol. The number of hydrogen-bond acceptors (Lipinski definition) is 3. The number of hydrogen-bond donors (Lipinski definition) is 1. The molecule has 0 saturated carbocycles. The van der Waals surface area contributed by atoms with E-state index in [2.05, 4.69) is 26.1 Å². The lowest BCUT2D eigenvalue weighted by Crippen LogP contribution is -2.39. The van der Waals surface area contributed by atoms with Gasteiger partial charge in [0.25, 0.3) is 0 Å². The van der Waals surface area contributed by atoms with Crippen LogP contribution in [0.1, 0.15) is 46.5 Å². The van der Waals surface area contributed by atoms with E-state index in [1.807, 2.05) is 0 Å². The highest BCUT2D eigenvalue weighted by Gasteiger charge is 2.40. The molecule has 102 valence electrons.